The number of carbonyl (C=O) groups excluding carboxylic acids is 1. The predicted octanol–water partition coefficient (Wildman–Crippen LogP) is 2.84. The lowest BCUT2D eigenvalue weighted by atomic mass is 10.2. The van der Waals surface area contributed by atoms with Crippen LogP contribution in [0.1, 0.15) is 0 Å². The van der Waals surface area contributed by atoms with E-state index in [-0.39, 0.29) is 6.03 Å². The topological polar surface area (TPSA) is 58.1 Å². The molecule has 2 aromatic rings. The number of nitrogens with one attached hydrogen (secondary N) is 1. The number of benzene rings is 1. The van der Waals surface area contributed by atoms with Crippen molar-refractivity contribution in [2.75, 3.05) is 18.4 Å². The molecule has 20 heavy (non-hydrogen) atoms. The van der Waals surface area contributed by atoms with E-state index in [1.54, 1.807) is 41.6 Å². The van der Waals surface area contributed by atoms with Gasteiger partial charge in [0.1, 0.15) is 0 Å². The van der Waals surface area contributed by atoms with Gasteiger partial charge in [-0.25, -0.2) is 4.79 Å². The van der Waals surface area contributed by atoms with Gasteiger partial charge in [-0.2, -0.15) is 0 Å². The fourth-order valence-corrected chi connectivity index (χ4v) is 1.80. The molecule has 0 spiro atoms. The summed E-state index contributed by atoms with van der Waals surface area (Å²) in [6.45, 7) is 8.20. The molecule has 0 atom stereocenters. The lowest BCUT2D eigenvalue weighted by Gasteiger charge is -2.19. The first-order chi connectivity index (χ1) is 9.74. The first kappa shape index (κ1) is 13.7. The van der Waals surface area contributed by atoms with Crippen molar-refractivity contribution >= 4 is 22.8 Å². The van der Waals surface area contributed by atoms with Crippen LogP contribution < -0.4 is 5.32 Å². The Kier molecular flexibility index (Phi) is 4.44. The van der Waals surface area contributed by atoms with Crippen LogP contribution in [0.3, 0.4) is 0 Å². The third-order valence-electron chi connectivity index (χ3n) is 2.71. The minimum absolute atomic E-state index is 0.201. The van der Waals surface area contributed by atoms with Crippen LogP contribution in [0.15, 0.2) is 55.9 Å². The summed E-state index contributed by atoms with van der Waals surface area (Å²) in [6, 6.07) is 5.21. The van der Waals surface area contributed by atoms with Gasteiger partial charge in [0.2, 0.25) is 0 Å². The Labute approximate surface area is 117 Å². The van der Waals surface area contributed by atoms with Crippen molar-refractivity contribution in [2.24, 2.45) is 0 Å². The molecule has 0 bridgehead atoms. The standard InChI is InChI=1S/C15H16N4O/c1-3-9-19(10-4-2)15(20)18-12-5-6-13-14(11-12)17-8-7-16-13/h3-8,11H,1-2,9-10H2,(H,18,20). The summed E-state index contributed by atoms with van der Waals surface area (Å²) in [5.41, 5.74) is 2.21. The maximum atomic E-state index is 12.1. The summed E-state index contributed by atoms with van der Waals surface area (Å²) in [7, 11) is 0. The number of hydrogen-bond donors (Lipinski definition) is 1. The van der Waals surface area contributed by atoms with E-state index >= 15 is 0 Å². The number of nitrogens with zero attached hydrogens (tertiary/aromatic N) is 3. The molecule has 5 heteroatoms. The number of urea groups is 1. The van der Waals surface area contributed by atoms with Crippen LogP contribution in [0.4, 0.5) is 10.5 Å². The summed E-state index contributed by atoms with van der Waals surface area (Å²) >= 11 is 0. The molecule has 1 aromatic heterocycles. The zero-order valence-electron chi connectivity index (χ0n) is 11.1. The van der Waals surface area contributed by atoms with Gasteiger partial charge in [-0.15, -0.1) is 13.2 Å². The predicted molar refractivity (Wildman–Crippen MR) is 80.5 cm³/mol. The minimum atomic E-state index is -0.201. The molecular weight excluding hydrogens is 252 g/mol. The molecule has 1 N–H and O–H groups in total. The van der Waals surface area contributed by atoms with Crippen molar-refractivity contribution in [1.29, 1.82) is 0 Å². The molecule has 0 fully saturated rings. The summed E-state index contributed by atoms with van der Waals surface area (Å²) in [5, 5.41) is 2.83. The normalized spacial score (nSPS) is 10.0. The number of aromatic nitrogens is 2. The largest absolute Gasteiger partial charge is 0.322 e. The van der Waals surface area contributed by atoms with Crippen LogP contribution in [0, 0.1) is 0 Å². The van der Waals surface area contributed by atoms with Gasteiger partial charge < -0.3 is 10.2 Å². The van der Waals surface area contributed by atoms with Gasteiger partial charge in [0, 0.05) is 31.2 Å². The minimum Gasteiger partial charge on any atom is -0.317 e. The molecule has 0 radical (unpaired) electrons. The van der Waals surface area contributed by atoms with Crippen LogP contribution in [-0.4, -0.2) is 34.0 Å². The SMILES string of the molecule is C=CCN(CC=C)C(=O)Nc1ccc2nccnc2c1. The van der Waals surface area contributed by atoms with Crippen LogP contribution in [0.25, 0.3) is 11.0 Å². The molecule has 0 aliphatic heterocycles. The van der Waals surface area contributed by atoms with E-state index in [1.165, 1.54) is 0 Å². The van der Waals surface area contributed by atoms with E-state index in [2.05, 4.69) is 28.4 Å². The molecule has 0 saturated heterocycles. The Balaban J connectivity index is 2.15. The fraction of sp³-hybridized carbons (Fsp3) is 0.133. The van der Waals surface area contributed by atoms with E-state index in [0.29, 0.717) is 18.8 Å². The van der Waals surface area contributed by atoms with Gasteiger partial charge in [0.05, 0.1) is 11.0 Å². The quantitative estimate of drug-likeness (QED) is 0.848. The van der Waals surface area contributed by atoms with Gasteiger partial charge in [-0.3, -0.25) is 9.97 Å². The Bertz CT molecular complexity index is 629. The molecular formula is C15H16N4O. The van der Waals surface area contributed by atoms with E-state index in [4.69, 9.17) is 0 Å². The third kappa shape index (κ3) is 3.20. The van der Waals surface area contributed by atoms with Crippen LogP contribution in [0.5, 0.6) is 0 Å². The molecule has 2 rings (SSSR count). The van der Waals surface area contributed by atoms with Gasteiger partial charge >= 0.3 is 6.03 Å². The number of amides is 2. The monoisotopic (exact) mass is 268 g/mol. The summed E-state index contributed by atoms with van der Waals surface area (Å²) in [4.78, 5) is 22.1. The molecule has 102 valence electrons. The smallest absolute Gasteiger partial charge is 0.317 e. The molecule has 1 aromatic carbocycles. The van der Waals surface area contributed by atoms with Crippen molar-refractivity contribution < 1.29 is 4.79 Å². The van der Waals surface area contributed by atoms with Crippen molar-refractivity contribution in [3.63, 3.8) is 0 Å². The lowest BCUT2D eigenvalue weighted by molar-refractivity contribution is 0.222. The average molecular weight is 268 g/mol. The maximum absolute atomic E-state index is 12.1. The first-order valence-electron chi connectivity index (χ1n) is 6.23. The first-order valence-corrected chi connectivity index (χ1v) is 6.23. The van der Waals surface area contributed by atoms with E-state index in [1.807, 2.05) is 6.07 Å². The number of carbonyl (C=O) groups is 1. The van der Waals surface area contributed by atoms with Crippen molar-refractivity contribution in [2.45, 2.75) is 0 Å². The second kappa shape index (κ2) is 6.47. The second-order valence-corrected chi connectivity index (χ2v) is 4.17. The number of rotatable bonds is 5. The number of hydrogen-bond acceptors (Lipinski definition) is 3. The average Bonchev–Trinajstić information content (AvgIpc) is 2.47. The number of anilines is 1. The molecule has 2 amide bonds. The Morgan fingerprint density at radius 2 is 1.80 bits per heavy atom. The highest BCUT2D eigenvalue weighted by Crippen LogP contribution is 2.15. The van der Waals surface area contributed by atoms with Crippen LogP contribution >= 0.6 is 0 Å². The summed E-state index contributed by atoms with van der Waals surface area (Å²) < 4.78 is 0. The highest BCUT2D eigenvalue weighted by molar-refractivity contribution is 5.91. The van der Waals surface area contributed by atoms with Crippen molar-refractivity contribution in [3.05, 3.63) is 55.9 Å². The van der Waals surface area contributed by atoms with Crippen LogP contribution in [0.2, 0.25) is 0 Å². The lowest BCUT2D eigenvalue weighted by Crippen LogP contribution is -2.35. The molecule has 0 saturated carbocycles. The Hall–Kier alpha value is -2.69. The van der Waals surface area contributed by atoms with E-state index in [0.717, 1.165) is 11.0 Å². The van der Waals surface area contributed by atoms with Gasteiger partial charge in [0.15, 0.2) is 0 Å². The van der Waals surface area contributed by atoms with Crippen molar-refractivity contribution in [3.8, 4) is 0 Å². The van der Waals surface area contributed by atoms with E-state index < -0.39 is 0 Å². The molecule has 0 aliphatic rings. The van der Waals surface area contributed by atoms with E-state index in [9.17, 15) is 4.79 Å². The summed E-state index contributed by atoms with van der Waals surface area (Å²) in [5.74, 6) is 0. The maximum Gasteiger partial charge on any atom is 0.322 e. The zero-order chi connectivity index (χ0) is 14.4. The molecule has 5 nitrogen and oxygen atoms in total. The highest BCUT2D eigenvalue weighted by atomic mass is 16.2. The summed E-state index contributed by atoms with van der Waals surface area (Å²) in [6.07, 6.45) is 6.61. The van der Waals surface area contributed by atoms with Crippen molar-refractivity contribution in [1.82, 2.24) is 14.9 Å². The second-order valence-electron chi connectivity index (χ2n) is 4.17. The van der Waals surface area contributed by atoms with Gasteiger partial charge in [-0.05, 0) is 18.2 Å². The molecule has 0 unspecified atom stereocenters. The Morgan fingerprint density at radius 1 is 1.15 bits per heavy atom. The number of fused-ring (bicyclic) bond motifs is 1. The molecule has 0 aliphatic carbocycles. The molecule has 1 heterocycles. The van der Waals surface area contributed by atoms with Crippen LogP contribution in [-0.2, 0) is 0 Å². The zero-order valence-corrected chi connectivity index (χ0v) is 11.1. The fourth-order valence-electron chi connectivity index (χ4n) is 1.80. The Morgan fingerprint density at radius 3 is 2.45 bits per heavy atom. The highest BCUT2D eigenvalue weighted by Gasteiger charge is 2.10. The van der Waals surface area contributed by atoms with Gasteiger partial charge in [-0.1, -0.05) is 12.2 Å². The third-order valence-corrected chi connectivity index (χ3v) is 2.71. The van der Waals surface area contributed by atoms with Gasteiger partial charge in [0.25, 0.3) is 0 Å².